The van der Waals surface area contributed by atoms with Crippen molar-refractivity contribution >= 4 is 50.6 Å². The van der Waals surface area contributed by atoms with Gasteiger partial charge in [-0.15, -0.1) is 0 Å². The molecular weight excluding hydrogens is 452 g/mol. The summed E-state index contributed by atoms with van der Waals surface area (Å²) in [7, 11) is 1.40. The second-order valence-electron chi connectivity index (χ2n) is 5.75. The molecule has 3 rings (SSSR count). The van der Waals surface area contributed by atoms with Gasteiger partial charge in [0.25, 0.3) is 16.8 Å². The van der Waals surface area contributed by atoms with Crippen LogP contribution in [0.25, 0.3) is 6.08 Å². The quantitative estimate of drug-likeness (QED) is 0.398. The molecule has 0 spiro atoms. The van der Waals surface area contributed by atoms with Crippen molar-refractivity contribution in [3.05, 3.63) is 67.0 Å². The van der Waals surface area contributed by atoms with Crippen LogP contribution in [0.15, 0.2) is 45.8 Å². The molecule has 2 aromatic carbocycles. The number of phenols is 1. The lowest BCUT2D eigenvalue weighted by molar-refractivity contribution is -0.384. The molecule has 0 atom stereocenters. The molecule has 1 heterocycles. The Morgan fingerprint density at radius 1 is 1.32 bits per heavy atom. The lowest BCUT2D eigenvalue weighted by atomic mass is 10.1. The molecule has 0 aliphatic carbocycles. The van der Waals surface area contributed by atoms with Gasteiger partial charge in [0, 0.05) is 12.1 Å². The summed E-state index contributed by atoms with van der Waals surface area (Å²) in [4.78, 5) is 36.5. The second-order valence-corrected chi connectivity index (χ2v) is 7.60. The smallest absolute Gasteiger partial charge is 0.293 e. The van der Waals surface area contributed by atoms with Gasteiger partial charge in [-0.25, -0.2) is 0 Å². The zero-order chi connectivity index (χ0) is 20.4. The molecule has 28 heavy (non-hydrogen) atoms. The molecule has 10 heteroatoms. The maximum atomic E-state index is 12.6. The van der Waals surface area contributed by atoms with Gasteiger partial charge in [0.1, 0.15) is 0 Å². The van der Waals surface area contributed by atoms with E-state index in [1.165, 1.54) is 37.5 Å². The zero-order valence-electron chi connectivity index (χ0n) is 14.4. The Bertz CT molecular complexity index is 1020. The normalized spacial score (nSPS) is 15.4. The van der Waals surface area contributed by atoms with Gasteiger partial charge in [-0.2, -0.15) is 0 Å². The number of halogens is 1. The minimum absolute atomic E-state index is 0.0632. The molecule has 8 nitrogen and oxygen atoms in total. The van der Waals surface area contributed by atoms with Crippen LogP contribution in [0.1, 0.15) is 11.1 Å². The van der Waals surface area contributed by atoms with E-state index in [9.17, 15) is 24.8 Å². The molecule has 1 N–H and O–H groups in total. The third-order valence-corrected chi connectivity index (χ3v) is 5.42. The average Bonchev–Trinajstić information content (AvgIpc) is 2.92. The first-order valence-electron chi connectivity index (χ1n) is 7.85. The van der Waals surface area contributed by atoms with Crippen LogP contribution in [0.5, 0.6) is 11.5 Å². The number of non-ortho nitro benzene ring substituents is 1. The highest BCUT2D eigenvalue weighted by atomic mass is 79.9. The van der Waals surface area contributed by atoms with Crippen LogP contribution in [-0.4, -0.2) is 33.2 Å². The van der Waals surface area contributed by atoms with Gasteiger partial charge in [-0.3, -0.25) is 24.6 Å². The molecule has 144 valence electrons. The summed E-state index contributed by atoms with van der Waals surface area (Å²) in [5, 5.41) is 20.3. The number of ether oxygens (including phenoxy) is 1. The van der Waals surface area contributed by atoms with Crippen molar-refractivity contribution in [2.24, 2.45) is 0 Å². The van der Waals surface area contributed by atoms with E-state index in [1.807, 2.05) is 0 Å². The lowest BCUT2D eigenvalue weighted by Crippen LogP contribution is -2.27. The molecule has 0 radical (unpaired) electrons. The Morgan fingerprint density at radius 2 is 2.07 bits per heavy atom. The SMILES string of the molecule is COc1cc(/C=C2/SC(=O)N(Cc3cccc([N+](=O)[O-])c3)C2=O)cc(Br)c1O. The molecule has 2 aromatic rings. The highest BCUT2D eigenvalue weighted by Crippen LogP contribution is 2.38. The van der Waals surface area contributed by atoms with Crippen LogP contribution in [0, 0.1) is 10.1 Å². The number of carbonyl (C=O) groups excluding carboxylic acids is 2. The minimum Gasteiger partial charge on any atom is -0.503 e. The molecule has 1 saturated heterocycles. The number of phenolic OH excluding ortho intramolecular Hbond substituents is 1. The first kappa shape index (κ1) is 19.9. The lowest BCUT2D eigenvalue weighted by Gasteiger charge is -2.12. The number of aromatic hydroxyl groups is 1. The van der Waals surface area contributed by atoms with E-state index >= 15 is 0 Å². The fraction of sp³-hybridized carbons (Fsp3) is 0.111. The number of thioether (sulfide) groups is 1. The van der Waals surface area contributed by atoms with Gasteiger partial charge >= 0.3 is 0 Å². The second kappa shape index (κ2) is 8.03. The maximum Gasteiger partial charge on any atom is 0.293 e. The number of rotatable bonds is 5. The predicted molar refractivity (Wildman–Crippen MR) is 107 cm³/mol. The number of nitro groups is 1. The van der Waals surface area contributed by atoms with Crippen molar-refractivity contribution in [1.82, 2.24) is 4.90 Å². The highest BCUT2D eigenvalue weighted by Gasteiger charge is 2.35. The summed E-state index contributed by atoms with van der Waals surface area (Å²) in [6.07, 6.45) is 1.52. The minimum atomic E-state index is -0.534. The Kier molecular flexibility index (Phi) is 5.71. The third-order valence-electron chi connectivity index (χ3n) is 3.90. The first-order chi connectivity index (χ1) is 13.3. The largest absolute Gasteiger partial charge is 0.503 e. The van der Waals surface area contributed by atoms with E-state index in [1.54, 1.807) is 12.1 Å². The number of carbonyl (C=O) groups is 2. The van der Waals surface area contributed by atoms with Gasteiger partial charge in [0.15, 0.2) is 11.5 Å². The number of amides is 2. The van der Waals surface area contributed by atoms with Crippen molar-refractivity contribution in [2.45, 2.75) is 6.54 Å². The van der Waals surface area contributed by atoms with Gasteiger partial charge in [0.2, 0.25) is 0 Å². The van der Waals surface area contributed by atoms with E-state index in [-0.39, 0.29) is 28.6 Å². The van der Waals surface area contributed by atoms with Crippen molar-refractivity contribution in [3.63, 3.8) is 0 Å². The van der Waals surface area contributed by atoms with Gasteiger partial charge < -0.3 is 9.84 Å². The van der Waals surface area contributed by atoms with Crippen molar-refractivity contribution < 1.29 is 24.4 Å². The number of imide groups is 1. The fourth-order valence-electron chi connectivity index (χ4n) is 2.57. The monoisotopic (exact) mass is 464 g/mol. The van der Waals surface area contributed by atoms with E-state index in [0.717, 1.165) is 16.7 Å². The molecule has 2 amide bonds. The summed E-state index contributed by atoms with van der Waals surface area (Å²) < 4.78 is 5.46. The average molecular weight is 465 g/mol. The van der Waals surface area contributed by atoms with Gasteiger partial charge in [-0.1, -0.05) is 12.1 Å². The van der Waals surface area contributed by atoms with E-state index in [2.05, 4.69) is 15.9 Å². The number of benzene rings is 2. The molecule has 1 fully saturated rings. The Labute approximate surface area is 172 Å². The van der Waals surface area contributed by atoms with Crippen LogP contribution >= 0.6 is 27.7 Å². The summed E-state index contributed by atoms with van der Waals surface area (Å²) in [6.45, 7) is -0.0632. The molecule has 0 aromatic heterocycles. The molecule has 0 saturated carbocycles. The molecular formula is C18H13BrN2O6S. The Hall–Kier alpha value is -2.85. The standard InChI is InChI=1S/C18H13BrN2O6S/c1-27-14-7-11(6-13(19)16(14)22)8-15-17(23)20(18(24)28-15)9-10-3-2-4-12(5-10)21(25)26/h2-8,22H,9H2,1H3/b15-8+. The number of nitrogens with zero attached hydrogens (tertiary/aromatic N) is 2. The topological polar surface area (TPSA) is 110 Å². The third kappa shape index (κ3) is 4.02. The Balaban J connectivity index is 1.86. The number of methoxy groups -OCH3 is 1. The summed E-state index contributed by atoms with van der Waals surface area (Å²) >= 11 is 3.98. The predicted octanol–water partition coefficient (Wildman–Crippen LogP) is 4.31. The highest BCUT2D eigenvalue weighted by molar-refractivity contribution is 9.10. The molecule has 1 aliphatic rings. The summed E-state index contributed by atoms with van der Waals surface area (Å²) in [6, 6.07) is 8.91. The van der Waals surface area contributed by atoms with Crippen LogP contribution in [-0.2, 0) is 11.3 Å². The number of nitro benzene ring substituents is 1. The van der Waals surface area contributed by atoms with E-state index < -0.39 is 16.1 Å². The first-order valence-corrected chi connectivity index (χ1v) is 9.46. The van der Waals surface area contributed by atoms with Crippen LogP contribution < -0.4 is 4.74 Å². The van der Waals surface area contributed by atoms with Crippen LogP contribution in [0.2, 0.25) is 0 Å². The van der Waals surface area contributed by atoms with E-state index in [4.69, 9.17) is 4.74 Å². The van der Waals surface area contributed by atoms with Crippen LogP contribution in [0.3, 0.4) is 0 Å². The Morgan fingerprint density at radius 3 is 2.75 bits per heavy atom. The summed E-state index contributed by atoms with van der Waals surface area (Å²) in [5.41, 5.74) is 0.926. The van der Waals surface area contributed by atoms with Gasteiger partial charge in [0.05, 0.1) is 28.0 Å². The summed E-state index contributed by atoms with van der Waals surface area (Å²) in [5.74, 6) is -0.348. The van der Waals surface area contributed by atoms with E-state index in [0.29, 0.717) is 15.6 Å². The van der Waals surface area contributed by atoms with Crippen LogP contribution in [0.4, 0.5) is 10.5 Å². The van der Waals surface area contributed by atoms with Gasteiger partial charge in [-0.05, 0) is 57.0 Å². The number of hydrogen-bond donors (Lipinski definition) is 1. The molecule has 0 unspecified atom stereocenters. The number of hydrogen-bond acceptors (Lipinski definition) is 7. The maximum absolute atomic E-state index is 12.6. The molecule has 1 aliphatic heterocycles. The van der Waals surface area contributed by atoms with Crippen molar-refractivity contribution in [3.8, 4) is 11.5 Å². The zero-order valence-corrected chi connectivity index (χ0v) is 16.8. The van der Waals surface area contributed by atoms with Crippen molar-refractivity contribution in [1.29, 1.82) is 0 Å². The molecule has 0 bridgehead atoms. The van der Waals surface area contributed by atoms with Crippen molar-refractivity contribution in [2.75, 3.05) is 7.11 Å². The fourth-order valence-corrected chi connectivity index (χ4v) is 3.87.